The van der Waals surface area contributed by atoms with Gasteiger partial charge in [-0.2, -0.15) is 0 Å². The molecule has 0 fully saturated rings. The monoisotopic (exact) mass is 230 g/mol. The molecule has 2 N–H and O–H groups in total. The fraction of sp³-hybridized carbons (Fsp3) is 0.286. The number of rotatable bonds is 5. The van der Waals surface area contributed by atoms with E-state index in [1.54, 1.807) is 6.26 Å². The molecule has 1 aromatic carbocycles. The summed E-state index contributed by atoms with van der Waals surface area (Å²) in [5, 5.41) is 0. The van der Waals surface area contributed by atoms with Crippen LogP contribution in [0.3, 0.4) is 0 Å². The number of hydrogen-bond donors (Lipinski definition) is 1. The third kappa shape index (κ3) is 3.64. The number of nitrogens with zero attached hydrogens (tertiary/aromatic N) is 1. The van der Waals surface area contributed by atoms with Crippen LogP contribution in [0.4, 0.5) is 5.69 Å². The van der Waals surface area contributed by atoms with Crippen molar-refractivity contribution in [2.75, 3.05) is 19.3 Å². The Morgan fingerprint density at radius 1 is 1.24 bits per heavy atom. The number of anilines is 1. The summed E-state index contributed by atoms with van der Waals surface area (Å²) in [6, 6.07) is 12.0. The van der Waals surface area contributed by atoms with Gasteiger partial charge in [0.25, 0.3) is 0 Å². The Kier molecular flexibility index (Phi) is 3.83. The van der Waals surface area contributed by atoms with Crippen molar-refractivity contribution in [2.24, 2.45) is 0 Å². The molecule has 2 rings (SSSR count). The number of likely N-dealkylation sites (N-methyl/N-ethyl adjacent to an activating group) is 1. The maximum Gasteiger partial charge on any atom is 0.117 e. The van der Waals surface area contributed by atoms with E-state index in [0.29, 0.717) is 0 Å². The van der Waals surface area contributed by atoms with Gasteiger partial charge in [0.2, 0.25) is 0 Å². The Morgan fingerprint density at radius 2 is 2.12 bits per heavy atom. The van der Waals surface area contributed by atoms with Gasteiger partial charge in [-0.15, -0.1) is 0 Å². The molecule has 0 aliphatic carbocycles. The molecule has 17 heavy (non-hydrogen) atoms. The fourth-order valence-electron chi connectivity index (χ4n) is 1.82. The zero-order chi connectivity index (χ0) is 12.1. The van der Waals surface area contributed by atoms with Gasteiger partial charge in [-0.3, -0.25) is 4.90 Å². The first kappa shape index (κ1) is 11.7. The Bertz CT molecular complexity index is 451. The molecule has 0 spiro atoms. The number of benzene rings is 1. The van der Waals surface area contributed by atoms with Gasteiger partial charge in [-0.1, -0.05) is 12.1 Å². The van der Waals surface area contributed by atoms with Gasteiger partial charge >= 0.3 is 0 Å². The fourth-order valence-corrected chi connectivity index (χ4v) is 1.82. The smallest absolute Gasteiger partial charge is 0.117 e. The lowest BCUT2D eigenvalue weighted by atomic mass is 10.1. The Morgan fingerprint density at radius 3 is 2.82 bits per heavy atom. The number of nitrogens with two attached hydrogens (primary N) is 1. The van der Waals surface area contributed by atoms with Crippen LogP contribution in [0, 0.1) is 0 Å². The van der Waals surface area contributed by atoms with Gasteiger partial charge in [0.1, 0.15) is 5.76 Å². The van der Waals surface area contributed by atoms with Gasteiger partial charge in [-0.25, -0.2) is 0 Å². The SMILES string of the molecule is CN(CCc1cccc(N)c1)Cc1ccco1. The standard InChI is InChI=1S/C14H18N2O/c1-16(11-14-6-3-9-17-14)8-7-12-4-2-5-13(15)10-12/h2-6,9-10H,7-8,11,15H2,1H3. The predicted molar refractivity (Wildman–Crippen MR) is 69.6 cm³/mol. The molecule has 1 heterocycles. The molecular weight excluding hydrogens is 212 g/mol. The van der Waals surface area contributed by atoms with Crippen LogP contribution in [0.2, 0.25) is 0 Å². The van der Waals surface area contributed by atoms with Crippen molar-refractivity contribution >= 4 is 5.69 Å². The summed E-state index contributed by atoms with van der Waals surface area (Å²) in [6.07, 6.45) is 2.71. The van der Waals surface area contributed by atoms with Gasteiger partial charge < -0.3 is 10.2 Å². The number of hydrogen-bond acceptors (Lipinski definition) is 3. The summed E-state index contributed by atoms with van der Waals surface area (Å²) in [7, 11) is 2.09. The molecular formula is C14H18N2O. The van der Waals surface area contributed by atoms with E-state index in [0.717, 1.165) is 31.0 Å². The third-order valence-corrected chi connectivity index (χ3v) is 2.74. The number of furan rings is 1. The maximum atomic E-state index is 5.75. The van der Waals surface area contributed by atoms with Crippen molar-refractivity contribution in [2.45, 2.75) is 13.0 Å². The summed E-state index contributed by atoms with van der Waals surface area (Å²) >= 11 is 0. The van der Waals surface area contributed by atoms with Crippen LogP contribution < -0.4 is 5.73 Å². The lowest BCUT2D eigenvalue weighted by molar-refractivity contribution is 0.298. The zero-order valence-corrected chi connectivity index (χ0v) is 10.1. The van der Waals surface area contributed by atoms with Crippen molar-refractivity contribution in [3.05, 3.63) is 54.0 Å². The van der Waals surface area contributed by atoms with E-state index in [1.807, 2.05) is 30.3 Å². The summed E-state index contributed by atoms with van der Waals surface area (Å²) in [5.74, 6) is 1.00. The first-order chi connectivity index (χ1) is 8.24. The first-order valence-electron chi connectivity index (χ1n) is 5.79. The third-order valence-electron chi connectivity index (χ3n) is 2.74. The molecule has 0 amide bonds. The molecule has 1 aromatic heterocycles. The van der Waals surface area contributed by atoms with E-state index in [-0.39, 0.29) is 0 Å². The Balaban J connectivity index is 1.82. The topological polar surface area (TPSA) is 42.4 Å². The van der Waals surface area contributed by atoms with Crippen LogP contribution in [0.15, 0.2) is 47.1 Å². The van der Waals surface area contributed by atoms with Crippen LogP contribution in [0.25, 0.3) is 0 Å². The van der Waals surface area contributed by atoms with E-state index in [9.17, 15) is 0 Å². The molecule has 0 radical (unpaired) electrons. The predicted octanol–water partition coefficient (Wildman–Crippen LogP) is 2.54. The van der Waals surface area contributed by atoms with Crippen molar-refractivity contribution < 1.29 is 4.42 Å². The highest BCUT2D eigenvalue weighted by Crippen LogP contribution is 2.09. The normalized spacial score (nSPS) is 10.9. The largest absolute Gasteiger partial charge is 0.468 e. The average molecular weight is 230 g/mol. The van der Waals surface area contributed by atoms with E-state index in [4.69, 9.17) is 10.2 Å². The van der Waals surface area contributed by atoms with E-state index >= 15 is 0 Å². The lowest BCUT2D eigenvalue weighted by Gasteiger charge is -2.15. The molecule has 3 heteroatoms. The molecule has 0 bridgehead atoms. The average Bonchev–Trinajstić information content (AvgIpc) is 2.79. The van der Waals surface area contributed by atoms with Crippen LogP contribution in [-0.4, -0.2) is 18.5 Å². The number of nitrogen functional groups attached to an aromatic ring is 1. The quantitative estimate of drug-likeness (QED) is 0.803. The minimum absolute atomic E-state index is 0.830. The molecule has 0 unspecified atom stereocenters. The van der Waals surface area contributed by atoms with Crippen molar-refractivity contribution in [1.29, 1.82) is 0 Å². The van der Waals surface area contributed by atoms with Gasteiger partial charge in [0.05, 0.1) is 12.8 Å². The minimum Gasteiger partial charge on any atom is -0.468 e. The highest BCUT2D eigenvalue weighted by atomic mass is 16.3. The summed E-state index contributed by atoms with van der Waals surface area (Å²) in [5.41, 5.74) is 7.85. The van der Waals surface area contributed by atoms with Crippen molar-refractivity contribution in [3.63, 3.8) is 0 Å². The second-order valence-corrected chi connectivity index (χ2v) is 4.31. The second-order valence-electron chi connectivity index (χ2n) is 4.31. The van der Waals surface area contributed by atoms with E-state index in [2.05, 4.69) is 18.0 Å². The zero-order valence-electron chi connectivity index (χ0n) is 10.1. The Labute approximate surface area is 102 Å². The molecule has 0 saturated heterocycles. The first-order valence-corrected chi connectivity index (χ1v) is 5.79. The van der Waals surface area contributed by atoms with Crippen LogP contribution in [0.5, 0.6) is 0 Å². The van der Waals surface area contributed by atoms with Crippen LogP contribution in [0.1, 0.15) is 11.3 Å². The Hall–Kier alpha value is -1.74. The van der Waals surface area contributed by atoms with Crippen LogP contribution >= 0.6 is 0 Å². The summed E-state index contributed by atoms with van der Waals surface area (Å²) < 4.78 is 5.31. The van der Waals surface area contributed by atoms with Gasteiger partial charge in [-0.05, 0) is 43.3 Å². The molecule has 0 aliphatic rings. The van der Waals surface area contributed by atoms with Gasteiger partial charge in [0.15, 0.2) is 0 Å². The van der Waals surface area contributed by atoms with Crippen molar-refractivity contribution in [3.8, 4) is 0 Å². The highest BCUT2D eigenvalue weighted by molar-refractivity contribution is 5.40. The molecule has 0 aliphatic heterocycles. The molecule has 0 saturated carbocycles. The van der Waals surface area contributed by atoms with Crippen LogP contribution in [-0.2, 0) is 13.0 Å². The maximum absolute atomic E-state index is 5.75. The molecule has 90 valence electrons. The molecule has 3 nitrogen and oxygen atoms in total. The van der Waals surface area contributed by atoms with Gasteiger partial charge in [0, 0.05) is 12.2 Å². The molecule has 2 aromatic rings. The lowest BCUT2D eigenvalue weighted by Crippen LogP contribution is -2.20. The highest BCUT2D eigenvalue weighted by Gasteiger charge is 2.03. The van der Waals surface area contributed by atoms with E-state index < -0.39 is 0 Å². The minimum atomic E-state index is 0.830. The van der Waals surface area contributed by atoms with Crippen molar-refractivity contribution in [1.82, 2.24) is 4.90 Å². The summed E-state index contributed by atoms with van der Waals surface area (Å²) in [6.45, 7) is 1.83. The second kappa shape index (κ2) is 5.55. The van der Waals surface area contributed by atoms with E-state index in [1.165, 1.54) is 5.56 Å². The molecule has 0 atom stereocenters. The summed E-state index contributed by atoms with van der Waals surface area (Å²) in [4.78, 5) is 2.24.